The van der Waals surface area contributed by atoms with Crippen LogP contribution in [0.2, 0.25) is 0 Å². The molecule has 0 aliphatic carbocycles. The molecular formula is C33H39N9O4. The summed E-state index contributed by atoms with van der Waals surface area (Å²) < 4.78 is 5.40. The summed E-state index contributed by atoms with van der Waals surface area (Å²) in [6.45, 7) is 4.82. The SMILES string of the molecule is CC(C)(O)C(=O)N1CCC(c2cc(-c3ccc(NC(=O)c4c5n(n(-c6ccccn6)c4=O)CCCC5)cc3)c3n2NNC3N)CC1. The minimum absolute atomic E-state index is 0.155. The van der Waals surface area contributed by atoms with Crippen molar-refractivity contribution in [1.82, 2.24) is 29.3 Å². The summed E-state index contributed by atoms with van der Waals surface area (Å²) in [7, 11) is 0. The lowest BCUT2D eigenvalue weighted by Crippen LogP contribution is -2.48. The molecule has 1 aromatic carbocycles. The van der Waals surface area contributed by atoms with Crippen molar-refractivity contribution in [3.8, 4) is 16.9 Å². The van der Waals surface area contributed by atoms with Crippen molar-refractivity contribution in [2.75, 3.05) is 23.9 Å². The highest BCUT2D eigenvalue weighted by atomic mass is 16.3. The molecule has 0 spiro atoms. The molecule has 1 atom stereocenters. The average Bonchev–Trinajstić information content (AvgIpc) is 3.72. The van der Waals surface area contributed by atoms with E-state index in [9.17, 15) is 19.5 Å². The van der Waals surface area contributed by atoms with Gasteiger partial charge in [-0.2, -0.15) is 10.1 Å². The molecule has 0 saturated carbocycles. The molecule has 0 bridgehead atoms. The normalized spacial score (nSPS) is 18.2. The highest BCUT2D eigenvalue weighted by molar-refractivity contribution is 6.05. The third-order valence-electron chi connectivity index (χ3n) is 9.25. The maximum absolute atomic E-state index is 13.6. The number of hydrogen-bond acceptors (Lipinski definition) is 8. The number of piperidine rings is 1. The first-order chi connectivity index (χ1) is 22.1. The van der Waals surface area contributed by atoms with Gasteiger partial charge in [0.25, 0.3) is 17.4 Å². The van der Waals surface area contributed by atoms with Crippen LogP contribution in [-0.2, 0) is 17.8 Å². The van der Waals surface area contributed by atoms with E-state index in [-0.39, 0.29) is 22.9 Å². The first-order valence-corrected chi connectivity index (χ1v) is 15.8. The van der Waals surface area contributed by atoms with Gasteiger partial charge in [0.2, 0.25) is 0 Å². The van der Waals surface area contributed by atoms with Crippen LogP contribution in [0.3, 0.4) is 0 Å². The number of anilines is 1. The van der Waals surface area contributed by atoms with Crippen LogP contribution in [0.25, 0.3) is 16.9 Å². The first kappa shape index (κ1) is 30.0. The number of nitrogens with two attached hydrogens (primary N) is 1. The van der Waals surface area contributed by atoms with Gasteiger partial charge in [-0.3, -0.25) is 29.3 Å². The van der Waals surface area contributed by atoms with Gasteiger partial charge in [-0.25, -0.2) is 4.98 Å². The van der Waals surface area contributed by atoms with E-state index >= 15 is 0 Å². The fraction of sp³-hybridized carbons (Fsp3) is 0.394. The highest BCUT2D eigenvalue weighted by Crippen LogP contribution is 2.38. The zero-order chi connectivity index (χ0) is 32.2. The Morgan fingerprint density at radius 1 is 1.07 bits per heavy atom. The van der Waals surface area contributed by atoms with Crippen LogP contribution in [0.15, 0.2) is 59.5 Å². The summed E-state index contributed by atoms with van der Waals surface area (Å²) in [6.07, 6.45) is 5.22. The van der Waals surface area contributed by atoms with Gasteiger partial charge in [0, 0.05) is 48.7 Å². The van der Waals surface area contributed by atoms with E-state index in [0.29, 0.717) is 37.6 Å². The number of likely N-dealkylation sites (tertiary alicyclic amines) is 1. The molecule has 7 rings (SSSR count). The number of amides is 2. The number of carbonyl (C=O) groups excluding carboxylic acids is 2. The molecule has 13 nitrogen and oxygen atoms in total. The molecule has 1 unspecified atom stereocenters. The van der Waals surface area contributed by atoms with Gasteiger partial charge in [-0.15, -0.1) is 0 Å². The van der Waals surface area contributed by atoms with Crippen LogP contribution < -0.4 is 27.6 Å². The predicted octanol–water partition coefficient (Wildman–Crippen LogP) is 2.59. The summed E-state index contributed by atoms with van der Waals surface area (Å²) in [5.41, 5.74) is 16.3. The highest BCUT2D eigenvalue weighted by Gasteiger charge is 2.35. The topological polar surface area (TPSA) is 164 Å². The second kappa shape index (κ2) is 11.6. The van der Waals surface area contributed by atoms with Crippen molar-refractivity contribution in [3.05, 3.63) is 87.7 Å². The number of hydrogen-bond donors (Lipinski definition) is 5. The van der Waals surface area contributed by atoms with Crippen molar-refractivity contribution in [1.29, 1.82) is 0 Å². The molecule has 1 saturated heterocycles. The molecule has 3 aliphatic heterocycles. The lowest BCUT2D eigenvalue weighted by Gasteiger charge is -2.35. The van der Waals surface area contributed by atoms with E-state index in [1.165, 1.54) is 18.5 Å². The Morgan fingerprint density at radius 2 is 1.83 bits per heavy atom. The molecule has 46 heavy (non-hydrogen) atoms. The Kier molecular flexibility index (Phi) is 7.54. The quantitative estimate of drug-likeness (QED) is 0.218. The molecule has 6 heterocycles. The minimum atomic E-state index is -1.39. The van der Waals surface area contributed by atoms with Gasteiger partial charge in [0.1, 0.15) is 17.3 Å². The summed E-state index contributed by atoms with van der Waals surface area (Å²) in [4.78, 5) is 45.8. The fourth-order valence-corrected chi connectivity index (χ4v) is 6.97. The smallest absolute Gasteiger partial charge is 0.285 e. The molecule has 240 valence electrons. The van der Waals surface area contributed by atoms with E-state index in [1.54, 1.807) is 23.2 Å². The minimum Gasteiger partial charge on any atom is -0.381 e. The summed E-state index contributed by atoms with van der Waals surface area (Å²) in [5.74, 6) is 0.000666. The average molecular weight is 626 g/mol. The Balaban J connectivity index is 1.12. The van der Waals surface area contributed by atoms with E-state index < -0.39 is 17.7 Å². The second-order valence-corrected chi connectivity index (χ2v) is 12.8. The number of nitrogens with one attached hydrogen (secondary N) is 3. The maximum Gasteiger partial charge on any atom is 0.285 e. The Bertz CT molecular complexity index is 1840. The number of rotatable bonds is 6. The Labute approximate surface area is 265 Å². The number of fused-ring (bicyclic) bond motifs is 2. The van der Waals surface area contributed by atoms with Crippen molar-refractivity contribution in [2.24, 2.45) is 5.73 Å². The van der Waals surface area contributed by atoms with Gasteiger partial charge in [-0.1, -0.05) is 18.2 Å². The van der Waals surface area contributed by atoms with Gasteiger partial charge in [-0.05, 0) is 81.8 Å². The van der Waals surface area contributed by atoms with Crippen LogP contribution in [0.5, 0.6) is 0 Å². The van der Waals surface area contributed by atoms with Crippen molar-refractivity contribution >= 4 is 17.5 Å². The first-order valence-electron chi connectivity index (χ1n) is 15.8. The number of aromatic nitrogens is 4. The van der Waals surface area contributed by atoms with Gasteiger partial charge < -0.3 is 21.1 Å². The zero-order valence-corrected chi connectivity index (χ0v) is 26.0. The third-order valence-corrected chi connectivity index (χ3v) is 9.25. The van der Waals surface area contributed by atoms with Crippen LogP contribution in [0.1, 0.15) is 79.1 Å². The molecule has 3 aromatic heterocycles. The molecular weight excluding hydrogens is 586 g/mol. The summed E-state index contributed by atoms with van der Waals surface area (Å²) in [5, 5.41) is 13.1. The second-order valence-electron chi connectivity index (χ2n) is 12.8. The summed E-state index contributed by atoms with van der Waals surface area (Å²) in [6, 6.07) is 15.1. The molecule has 6 N–H and O–H groups in total. The molecule has 2 amide bonds. The molecule has 4 aromatic rings. The number of aliphatic hydroxyl groups is 1. The lowest BCUT2D eigenvalue weighted by molar-refractivity contribution is -0.148. The molecule has 3 aliphatic rings. The Hall–Kier alpha value is -4.72. The van der Waals surface area contributed by atoms with Crippen LogP contribution >= 0.6 is 0 Å². The third kappa shape index (κ3) is 5.19. The zero-order valence-electron chi connectivity index (χ0n) is 26.0. The van der Waals surface area contributed by atoms with E-state index in [1.807, 2.05) is 39.7 Å². The van der Waals surface area contributed by atoms with Gasteiger partial charge in [0.15, 0.2) is 5.82 Å². The van der Waals surface area contributed by atoms with Gasteiger partial charge >= 0.3 is 0 Å². The monoisotopic (exact) mass is 625 g/mol. The van der Waals surface area contributed by atoms with Gasteiger partial charge in [0.05, 0.1) is 11.4 Å². The van der Waals surface area contributed by atoms with Crippen LogP contribution in [0.4, 0.5) is 5.69 Å². The molecule has 1 fully saturated rings. The largest absolute Gasteiger partial charge is 0.381 e. The number of nitrogens with zero attached hydrogens (tertiary/aromatic N) is 5. The van der Waals surface area contributed by atoms with E-state index in [2.05, 4.69) is 27.3 Å². The predicted molar refractivity (Wildman–Crippen MR) is 173 cm³/mol. The Morgan fingerprint density at radius 3 is 2.52 bits per heavy atom. The van der Waals surface area contributed by atoms with Crippen molar-refractivity contribution in [3.63, 3.8) is 0 Å². The number of carbonyl (C=O) groups is 2. The van der Waals surface area contributed by atoms with Crippen LogP contribution in [-0.4, -0.2) is 59.5 Å². The lowest BCUT2D eigenvalue weighted by atomic mass is 9.92. The van der Waals surface area contributed by atoms with Crippen molar-refractivity contribution < 1.29 is 14.7 Å². The number of pyridine rings is 1. The summed E-state index contributed by atoms with van der Waals surface area (Å²) >= 11 is 0. The van der Waals surface area contributed by atoms with E-state index in [0.717, 1.165) is 53.9 Å². The van der Waals surface area contributed by atoms with E-state index in [4.69, 9.17) is 5.73 Å². The molecule has 0 radical (unpaired) electrons. The standard InChI is InChI=1S/C33H39N9O4/c1-33(2,46)32(45)39-17-13-21(14-18-39)25-19-23(28-29(34)37-38-41(25)28)20-9-11-22(12-10-20)36-30(43)27-24-7-4-6-16-40(24)42(31(27)44)26-8-3-5-15-35-26/h3,5,8-12,15,19,21,29,37-38,46H,4,6-7,13-14,16-18,34H2,1-2H3,(H,36,43). The number of hydrazine groups is 1. The maximum atomic E-state index is 13.6. The van der Waals surface area contributed by atoms with Crippen LogP contribution in [0, 0.1) is 0 Å². The number of benzene rings is 1. The van der Waals surface area contributed by atoms with Crippen molar-refractivity contribution in [2.45, 2.75) is 70.2 Å². The fourth-order valence-electron chi connectivity index (χ4n) is 6.97. The molecule has 13 heteroatoms.